The van der Waals surface area contributed by atoms with Crippen molar-refractivity contribution < 1.29 is 4.79 Å². The maximum Gasteiger partial charge on any atom is 0.272 e. The van der Waals surface area contributed by atoms with Crippen LogP contribution in [0.5, 0.6) is 0 Å². The van der Waals surface area contributed by atoms with Gasteiger partial charge in [0, 0.05) is 41.1 Å². The Labute approximate surface area is 203 Å². The molecule has 1 fully saturated rings. The number of hydrogen-bond donors (Lipinski definition) is 2. The highest BCUT2D eigenvalue weighted by Crippen LogP contribution is 2.37. The molecule has 0 aliphatic carbocycles. The molecule has 6 heteroatoms. The lowest BCUT2D eigenvalue weighted by Crippen LogP contribution is -2.44. The van der Waals surface area contributed by atoms with Gasteiger partial charge in [-0.2, -0.15) is 0 Å². The van der Waals surface area contributed by atoms with Crippen molar-refractivity contribution in [2.45, 2.75) is 19.4 Å². The first-order valence-electron chi connectivity index (χ1n) is 11.6. The molecule has 0 radical (unpaired) electrons. The third-order valence-corrected chi connectivity index (χ3v) is 6.67. The maximum atomic E-state index is 13.4. The molecule has 0 unspecified atom stereocenters. The molecule has 5 nitrogen and oxygen atoms in total. The fraction of sp³-hybridized carbons (Fsp3) is 0.214. The molecule has 1 aliphatic heterocycles. The lowest BCUT2D eigenvalue weighted by atomic mass is 9.94. The number of piperidine rings is 1. The van der Waals surface area contributed by atoms with E-state index in [-0.39, 0.29) is 17.4 Å². The van der Waals surface area contributed by atoms with E-state index in [2.05, 4.69) is 15.2 Å². The number of carbonyl (C=O) groups is 1. The normalized spacial score (nSPS) is 15.9. The molecule has 34 heavy (non-hydrogen) atoms. The lowest BCUT2D eigenvalue weighted by Gasteiger charge is -2.34. The number of amides is 1. The van der Waals surface area contributed by atoms with Gasteiger partial charge in [-0.1, -0.05) is 72.3 Å². The highest BCUT2D eigenvalue weighted by molar-refractivity contribution is 6.31. The highest BCUT2D eigenvalue weighted by Gasteiger charge is 2.29. The maximum absolute atomic E-state index is 13.4. The second-order valence-electron chi connectivity index (χ2n) is 8.72. The Kier molecular flexibility index (Phi) is 6.37. The lowest BCUT2D eigenvalue weighted by molar-refractivity contribution is -0.125. The second-order valence-corrected chi connectivity index (χ2v) is 9.16. The number of halogens is 1. The average molecular weight is 472 g/mol. The minimum absolute atomic E-state index is 0.0232. The van der Waals surface area contributed by atoms with Gasteiger partial charge in [-0.25, -0.2) is 0 Å². The van der Waals surface area contributed by atoms with Crippen molar-refractivity contribution in [2.24, 2.45) is 5.92 Å². The Balaban J connectivity index is 1.49. The number of fused-ring (bicyclic) bond motifs is 1. The number of H-pyrrole nitrogens is 1. The second kappa shape index (κ2) is 9.74. The van der Waals surface area contributed by atoms with Crippen LogP contribution in [0.15, 0.2) is 83.7 Å². The van der Waals surface area contributed by atoms with Gasteiger partial charge in [0.1, 0.15) is 5.69 Å². The molecule has 3 aromatic carbocycles. The van der Waals surface area contributed by atoms with Crippen LogP contribution in [0, 0.1) is 5.92 Å². The van der Waals surface area contributed by atoms with Crippen LogP contribution in [0.4, 0.5) is 5.69 Å². The smallest absolute Gasteiger partial charge is 0.272 e. The number of anilines is 1. The van der Waals surface area contributed by atoms with Crippen LogP contribution in [0.25, 0.3) is 22.0 Å². The molecule has 0 bridgehead atoms. The van der Waals surface area contributed by atoms with Crippen molar-refractivity contribution >= 4 is 34.1 Å². The topological polar surface area (TPSA) is 65.2 Å². The van der Waals surface area contributed by atoms with Crippen LogP contribution in [-0.4, -0.2) is 24.0 Å². The molecule has 2 N–H and O–H groups in total. The Morgan fingerprint density at radius 3 is 2.53 bits per heavy atom. The van der Waals surface area contributed by atoms with Gasteiger partial charge in [0.15, 0.2) is 0 Å². The number of benzene rings is 3. The third kappa shape index (κ3) is 4.57. The number of aromatic amines is 1. The third-order valence-electron chi connectivity index (χ3n) is 6.43. The van der Waals surface area contributed by atoms with Crippen molar-refractivity contribution in [2.75, 3.05) is 18.0 Å². The van der Waals surface area contributed by atoms with Crippen molar-refractivity contribution in [3.8, 4) is 11.1 Å². The molecular formula is C28H26ClN3O2. The van der Waals surface area contributed by atoms with Crippen LogP contribution >= 0.6 is 11.6 Å². The monoisotopic (exact) mass is 471 g/mol. The SMILES string of the molecule is O=C(NCc1ccccc1)[C@H]1CCCN(c2c(-c3ccccc3)c3cc(Cl)ccc3[nH]c2=O)C1. The van der Waals surface area contributed by atoms with Crippen molar-refractivity contribution in [1.82, 2.24) is 10.3 Å². The summed E-state index contributed by atoms with van der Waals surface area (Å²) in [7, 11) is 0. The zero-order valence-electron chi connectivity index (χ0n) is 18.8. The number of hydrogen-bond acceptors (Lipinski definition) is 3. The largest absolute Gasteiger partial charge is 0.366 e. The van der Waals surface area contributed by atoms with Gasteiger partial charge in [0.05, 0.1) is 5.92 Å². The Bertz CT molecular complexity index is 1370. The van der Waals surface area contributed by atoms with E-state index in [1.54, 1.807) is 6.07 Å². The summed E-state index contributed by atoms with van der Waals surface area (Å²) in [5.74, 6) is -0.161. The van der Waals surface area contributed by atoms with E-state index >= 15 is 0 Å². The van der Waals surface area contributed by atoms with Crippen LogP contribution < -0.4 is 15.8 Å². The predicted octanol–water partition coefficient (Wildman–Crippen LogP) is 5.38. The number of nitrogens with one attached hydrogen (secondary N) is 2. The number of nitrogens with zero attached hydrogens (tertiary/aromatic N) is 1. The van der Waals surface area contributed by atoms with Crippen LogP contribution in [0.1, 0.15) is 18.4 Å². The number of rotatable bonds is 5. The minimum atomic E-state index is -0.185. The van der Waals surface area contributed by atoms with Gasteiger partial charge in [-0.05, 0) is 42.2 Å². The highest BCUT2D eigenvalue weighted by atomic mass is 35.5. The zero-order valence-corrected chi connectivity index (χ0v) is 19.5. The fourth-order valence-corrected chi connectivity index (χ4v) is 4.95. The fourth-order valence-electron chi connectivity index (χ4n) is 4.78. The molecule has 0 spiro atoms. The Morgan fingerprint density at radius 1 is 1.03 bits per heavy atom. The molecule has 1 atom stereocenters. The summed E-state index contributed by atoms with van der Waals surface area (Å²) >= 11 is 6.35. The molecule has 5 rings (SSSR count). The minimum Gasteiger partial charge on any atom is -0.366 e. The van der Waals surface area contributed by atoms with E-state index in [4.69, 9.17) is 11.6 Å². The van der Waals surface area contributed by atoms with Gasteiger partial charge in [0.25, 0.3) is 5.56 Å². The predicted molar refractivity (Wildman–Crippen MR) is 138 cm³/mol. The Morgan fingerprint density at radius 2 is 1.76 bits per heavy atom. The van der Waals surface area contributed by atoms with Crippen molar-refractivity contribution in [1.29, 1.82) is 0 Å². The van der Waals surface area contributed by atoms with Gasteiger partial charge < -0.3 is 15.2 Å². The summed E-state index contributed by atoms with van der Waals surface area (Å²) in [6.45, 7) is 1.72. The first kappa shape index (κ1) is 22.2. The van der Waals surface area contributed by atoms with Crippen LogP contribution in [-0.2, 0) is 11.3 Å². The first-order valence-corrected chi connectivity index (χ1v) is 12.0. The molecule has 172 valence electrons. The van der Waals surface area contributed by atoms with Gasteiger partial charge >= 0.3 is 0 Å². The van der Waals surface area contributed by atoms with Gasteiger partial charge in [-0.15, -0.1) is 0 Å². The van der Waals surface area contributed by atoms with E-state index in [9.17, 15) is 9.59 Å². The Hall–Kier alpha value is -3.57. The van der Waals surface area contributed by atoms with E-state index in [0.29, 0.717) is 23.8 Å². The molecule has 1 amide bonds. The van der Waals surface area contributed by atoms with E-state index < -0.39 is 0 Å². The van der Waals surface area contributed by atoms with Crippen molar-refractivity contribution in [3.05, 3.63) is 99.8 Å². The summed E-state index contributed by atoms with van der Waals surface area (Å²) in [4.78, 5) is 31.5. The number of carbonyl (C=O) groups excluding carboxylic acids is 1. The van der Waals surface area contributed by atoms with E-state index in [1.165, 1.54) is 0 Å². The van der Waals surface area contributed by atoms with Crippen LogP contribution in [0.2, 0.25) is 5.02 Å². The molecule has 1 aromatic heterocycles. The van der Waals surface area contributed by atoms with E-state index in [1.807, 2.05) is 72.8 Å². The summed E-state index contributed by atoms with van der Waals surface area (Å²) in [6.07, 6.45) is 1.64. The summed E-state index contributed by atoms with van der Waals surface area (Å²) < 4.78 is 0. The zero-order chi connectivity index (χ0) is 23.5. The van der Waals surface area contributed by atoms with Crippen LogP contribution in [0.3, 0.4) is 0 Å². The van der Waals surface area contributed by atoms with Gasteiger partial charge in [0.2, 0.25) is 5.91 Å². The average Bonchev–Trinajstić information content (AvgIpc) is 2.88. The molecule has 1 aliphatic rings. The van der Waals surface area contributed by atoms with Crippen molar-refractivity contribution in [3.63, 3.8) is 0 Å². The first-order chi connectivity index (χ1) is 16.6. The number of pyridine rings is 1. The molecule has 4 aromatic rings. The summed E-state index contributed by atoms with van der Waals surface area (Å²) in [5, 5.41) is 4.57. The number of aromatic nitrogens is 1. The quantitative estimate of drug-likeness (QED) is 0.410. The standard InChI is InChI=1S/C28H26ClN3O2/c29-22-13-14-24-23(16-22)25(20-10-5-2-6-11-20)26(28(34)31-24)32-15-7-12-21(18-32)27(33)30-17-19-8-3-1-4-9-19/h1-6,8-11,13-14,16,21H,7,12,15,17-18H2,(H,30,33)(H,31,34)/t21-/m0/s1. The molecule has 1 saturated heterocycles. The molecular weight excluding hydrogens is 446 g/mol. The summed E-state index contributed by atoms with van der Waals surface area (Å²) in [6, 6.07) is 25.3. The molecule has 0 saturated carbocycles. The van der Waals surface area contributed by atoms with E-state index in [0.717, 1.165) is 47.0 Å². The van der Waals surface area contributed by atoms with Gasteiger partial charge in [-0.3, -0.25) is 9.59 Å². The molecule has 2 heterocycles. The summed E-state index contributed by atoms with van der Waals surface area (Å²) in [5.41, 5.74) is 4.06.